The number of nitrogens with zero attached hydrogens (tertiary/aromatic N) is 2. The van der Waals surface area contributed by atoms with E-state index in [1.165, 1.54) is 24.1 Å². The van der Waals surface area contributed by atoms with E-state index in [0.29, 0.717) is 0 Å². The van der Waals surface area contributed by atoms with Crippen molar-refractivity contribution in [1.82, 2.24) is 14.9 Å². The van der Waals surface area contributed by atoms with Crippen LogP contribution < -0.4 is 5.56 Å². The lowest BCUT2D eigenvalue weighted by molar-refractivity contribution is 0.169. The van der Waals surface area contributed by atoms with Crippen molar-refractivity contribution in [3.05, 3.63) is 26.6 Å². The fourth-order valence-corrected chi connectivity index (χ4v) is 3.98. The molecule has 0 spiro atoms. The van der Waals surface area contributed by atoms with Gasteiger partial charge in [0.1, 0.15) is 10.7 Å². The molecular weight excluding hydrogens is 270 g/mol. The highest BCUT2D eigenvalue weighted by Gasteiger charge is 2.21. The predicted molar refractivity (Wildman–Crippen MR) is 83.6 cm³/mol. The van der Waals surface area contributed by atoms with Gasteiger partial charge in [-0.1, -0.05) is 6.42 Å². The monoisotopic (exact) mass is 291 g/mol. The van der Waals surface area contributed by atoms with E-state index in [9.17, 15) is 4.79 Å². The summed E-state index contributed by atoms with van der Waals surface area (Å²) in [7, 11) is 0. The minimum Gasteiger partial charge on any atom is -0.309 e. The van der Waals surface area contributed by atoms with E-state index in [-0.39, 0.29) is 11.6 Å². The summed E-state index contributed by atoms with van der Waals surface area (Å²) in [6, 6.07) is 0.190. The normalized spacial score (nSPS) is 18.6. The number of likely N-dealkylation sites (tertiary alicyclic amines) is 1. The van der Waals surface area contributed by atoms with Crippen LogP contribution in [0.5, 0.6) is 0 Å². The van der Waals surface area contributed by atoms with Crippen LogP contribution in [0.2, 0.25) is 0 Å². The number of fused-ring (bicyclic) bond motifs is 1. The van der Waals surface area contributed by atoms with Crippen LogP contribution in [0.1, 0.15) is 48.5 Å². The fraction of sp³-hybridized carbons (Fsp3) is 0.600. The van der Waals surface area contributed by atoms with Gasteiger partial charge in [-0.2, -0.15) is 0 Å². The molecule has 1 aliphatic rings. The smallest absolute Gasteiger partial charge is 0.259 e. The van der Waals surface area contributed by atoms with Gasteiger partial charge in [-0.15, -0.1) is 11.3 Å². The quantitative estimate of drug-likeness (QED) is 0.924. The second-order valence-corrected chi connectivity index (χ2v) is 6.89. The van der Waals surface area contributed by atoms with Crippen LogP contribution in [0, 0.1) is 13.8 Å². The summed E-state index contributed by atoms with van der Waals surface area (Å²) in [5.41, 5.74) is 1.08. The largest absolute Gasteiger partial charge is 0.309 e. The fourth-order valence-electron chi connectivity index (χ4n) is 2.95. The van der Waals surface area contributed by atoms with Gasteiger partial charge in [0.25, 0.3) is 5.56 Å². The molecule has 5 heteroatoms. The van der Waals surface area contributed by atoms with E-state index < -0.39 is 0 Å². The van der Waals surface area contributed by atoms with Crippen molar-refractivity contribution in [2.45, 2.75) is 46.1 Å². The molecule has 20 heavy (non-hydrogen) atoms. The molecule has 3 rings (SSSR count). The second kappa shape index (κ2) is 5.30. The molecule has 2 aromatic heterocycles. The molecule has 1 fully saturated rings. The zero-order valence-electron chi connectivity index (χ0n) is 12.3. The maximum Gasteiger partial charge on any atom is 0.259 e. The molecule has 0 amide bonds. The van der Waals surface area contributed by atoms with E-state index in [1.54, 1.807) is 11.3 Å². The van der Waals surface area contributed by atoms with Crippen molar-refractivity contribution in [3.63, 3.8) is 0 Å². The Kier molecular flexibility index (Phi) is 3.65. The van der Waals surface area contributed by atoms with Crippen molar-refractivity contribution in [1.29, 1.82) is 0 Å². The van der Waals surface area contributed by atoms with E-state index in [4.69, 9.17) is 4.98 Å². The first-order valence-corrected chi connectivity index (χ1v) is 8.13. The number of thiophene rings is 1. The Labute approximate surface area is 122 Å². The Balaban J connectivity index is 2.01. The molecule has 0 radical (unpaired) electrons. The summed E-state index contributed by atoms with van der Waals surface area (Å²) < 4.78 is 0. The van der Waals surface area contributed by atoms with Crippen LogP contribution in [-0.2, 0) is 0 Å². The lowest BCUT2D eigenvalue weighted by Gasteiger charge is -2.31. The van der Waals surface area contributed by atoms with Crippen molar-refractivity contribution in [2.24, 2.45) is 0 Å². The van der Waals surface area contributed by atoms with E-state index in [0.717, 1.165) is 34.7 Å². The van der Waals surface area contributed by atoms with E-state index in [1.807, 2.05) is 6.92 Å². The molecule has 1 saturated heterocycles. The Morgan fingerprint density at radius 1 is 1.25 bits per heavy atom. The molecule has 0 aliphatic carbocycles. The molecule has 0 unspecified atom stereocenters. The predicted octanol–water partition coefficient (Wildman–Crippen LogP) is 3.15. The molecular formula is C15H21N3OS. The van der Waals surface area contributed by atoms with Crippen molar-refractivity contribution in [2.75, 3.05) is 13.1 Å². The number of hydrogen-bond donors (Lipinski definition) is 1. The molecule has 4 nitrogen and oxygen atoms in total. The molecule has 108 valence electrons. The third-order valence-corrected chi connectivity index (χ3v) is 5.49. The van der Waals surface area contributed by atoms with Gasteiger partial charge < -0.3 is 4.98 Å². The molecule has 3 heterocycles. The van der Waals surface area contributed by atoms with Crippen LogP contribution in [0.3, 0.4) is 0 Å². The van der Waals surface area contributed by atoms with Gasteiger partial charge in [-0.3, -0.25) is 9.69 Å². The highest BCUT2D eigenvalue weighted by atomic mass is 32.1. The molecule has 0 saturated carbocycles. The average molecular weight is 291 g/mol. The number of aryl methyl sites for hydroxylation is 2. The molecule has 1 aliphatic heterocycles. The van der Waals surface area contributed by atoms with Crippen molar-refractivity contribution >= 4 is 21.6 Å². The first kappa shape index (κ1) is 13.8. The zero-order chi connectivity index (χ0) is 14.3. The average Bonchev–Trinajstić information content (AvgIpc) is 2.74. The van der Waals surface area contributed by atoms with Gasteiger partial charge in [0.2, 0.25) is 0 Å². The topological polar surface area (TPSA) is 49.0 Å². The number of nitrogens with one attached hydrogen (secondary N) is 1. The first-order valence-electron chi connectivity index (χ1n) is 7.32. The van der Waals surface area contributed by atoms with Gasteiger partial charge in [-0.25, -0.2) is 4.98 Å². The molecule has 1 N–H and O–H groups in total. The summed E-state index contributed by atoms with van der Waals surface area (Å²) in [4.78, 5) is 24.5. The highest BCUT2D eigenvalue weighted by Crippen LogP contribution is 2.28. The number of aromatic nitrogens is 2. The van der Waals surface area contributed by atoms with Crippen LogP contribution in [0.15, 0.2) is 4.79 Å². The number of aromatic amines is 1. The summed E-state index contributed by atoms with van der Waals surface area (Å²) in [6.07, 6.45) is 3.80. The Morgan fingerprint density at radius 2 is 1.95 bits per heavy atom. The Bertz CT molecular complexity index is 682. The van der Waals surface area contributed by atoms with E-state index >= 15 is 0 Å². The maximum atomic E-state index is 12.3. The lowest BCUT2D eigenvalue weighted by atomic mass is 10.1. The van der Waals surface area contributed by atoms with Gasteiger partial charge in [0, 0.05) is 4.88 Å². The van der Waals surface area contributed by atoms with Gasteiger partial charge in [-0.05, 0) is 52.3 Å². The minimum absolute atomic E-state index is 0.00992. The summed E-state index contributed by atoms with van der Waals surface area (Å²) in [5.74, 6) is 0.811. The van der Waals surface area contributed by atoms with Crippen LogP contribution >= 0.6 is 11.3 Å². The summed E-state index contributed by atoms with van der Waals surface area (Å²) >= 11 is 1.62. The van der Waals surface area contributed by atoms with Crippen molar-refractivity contribution in [3.8, 4) is 0 Å². The maximum absolute atomic E-state index is 12.3. The third-order valence-electron chi connectivity index (χ3n) is 4.39. The lowest BCUT2D eigenvalue weighted by Crippen LogP contribution is -2.34. The van der Waals surface area contributed by atoms with Gasteiger partial charge in [0.15, 0.2) is 0 Å². The van der Waals surface area contributed by atoms with Gasteiger partial charge >= 0.3 is 0 Å². The van der Waals surface area contributed by atoms with Gasteiger partial charge in [0.05, 0.1) is 11.4 Å². The third kappa shape index (κ3) is 2.29. The van der Waals surface area contributed by atoms with Crippen LogP contribution in [0.25, 0.3) is 10.2 Å². The van der Waals surface area contributed by atoms with Crippen LogP contribution in [0.4, 0.5) is 0 Å². The zero-order valence-corrected chi connectivity index (χ0v) is 13.1. The highest BCUT2D eigenvalue weighted by molar-refractivity contribution is 7.18. The Hall–Kier alpha value is -1.20. The summed E-state index contributed by atoms with van der Waals surface area (Å²) in [5, 5.41) is 0.766. The molecule has 0 aromatic carbocycles. The minimum atomic E-state index is 0.00992. The SMILES string of the molecule is Cc1sc2nc([C@@H](C)N3CCCCC3)[nH]c(=O)c2c1C. The number of piperidine rings is 1. The van der Waals surface area contributed by atoms with Crippen LogP contribution in [-0.4, -0.2) is 28.0 Å². The number of rotatable bonds is 2. The standard InChI is InChI=1S/C15H21N3OS/c1-9-11(3)20-15-12(9)14(19)16-13(17-15)10(2)18-7-5-4-6-8-18/h10H,4-8H2,1-3H3,(H,16,17,19)/t10-/m1/s1. The Morgan fingerprint density at radius 3 is 2.65 bits per heavy atom. The first-order chi connectivity index (χ1) is 9.58. The number of H-pyrrole nitrogens is 1. The molecule has 1 atom stereocenters. The van der Waals surface area contributed by atoms with E-state index in [2.05, 4.69) is 23.7 Å². The molecule has 2 aromatic rings. The molecule has 0 bridgehead atoms. The second-order valence-electron chi connectivity index (χ2n) is 5.69. The van der Waals surface area contributed by atoms with Crippen molar-refractivity contribution < 1.29 is 0 Å². The summed E-state index contributed by atoms with van der Waals surface area (Å²) in [6.45, 7) is 8.40. The number of hydrogen-bond acceptors (Lipinski definition) is 4.